The van der Waals surface area contributed by atoms with Crippen molar-refractivity contribution in [3.63, 3.8) is 0 Å². The molecule has 0 radical (unpaired) electrons. The summed E-state index contributed by atoms with van der Waals surface area (Å²) in [5.74, 6) is -0.897. The number of hydrogen-bond donors (Lipinski definition) is 3. The molecule has 2 aromatic rings. The summed E-state index contributed by atoms with van der Waals surface area (Å²) in [5.41, 5.74) is 7.59. The maximum Gasteiger partial charge on any atom is 0.407 e. The third-order valence-electron chi connectivity index (χ3n) is 7.07. The lowest BCUT2D eigenvalue weighted by Gasteiger charge is -2.40. The zero-order valence-electron chi connectivity index (χ0n) is 25.5. The fraction of sp³-hybridized carbons (Fsp3) is 0.483. The van der Waals surface area contributed by atoms with E-state index in [1.54, 1.807) is 12.1 Å². The van der Waals surface area contributed by atoms with E-state index < -0.39 is 42.5 Å². The Morgan fingerprint density at radius 1 is 1.05 bits per heavy atom. The Hall–Kier alpha value is -3.42. The highest BCUT2D eigenvalue weighted by atomic mass is 32.2. The summed E-state index contributed by atoms with van der Waals surface area (Å²) in [7, 11) is -5.11. The number of carbonyl (C=O) groups excluding carboxylic acids is 2. The molecule has 0 bridgehead atoms. The molecule has 0 saturated heterocycles. The first-order valence-electron chi connectivity index (χ1n) is 13.7. The van der Waals surface area contributed by atoms with Crippen LogP contribution in [0.2, 0.25) is 18.1 Å². The predicted molar refractivity (Wildman–Crippen MR) is 165 cm³/mol. The van der Waals surface area contributed by atoms with Gasteiger partial charge in [-0.1, -0.05) is 68.8 Å². The van der Waals surface area contributed by atoms with Gasteiger partial charge in [-0.05, 0) is 55.6 Å². The maximum atomic E-state index is 12.9. The number of sulfonamides is 1. The molecule has 0 fully saturated rings. The van der Waals surface area contributed by atoms with Gasteiger partial charge in [-0.25, -0.2) is 22.7 Å². The summed E-state index contributed by atoms with van der Waals surface area (Å²) in [4.78, 5) is 29.9. The van der Waals surface area contributed by atoms with Crippen molar-refractivity contribution < 1.29 is 31.9 Å². The third-order valence-corrected chi connectivity index (χ3v) is 12.9. The van der Waals surface area contributed by atoms with Gasteiger partial charge in [-0.3, -0.25) is 4.99 Å². The molecule has 1 amide bonds. The van der Waals surface area contributed by atoms with Crippen LogP contribution in [0, 0.1) is 6.92 Å². The van der Waals surface area contributed by atoms with Gasteiger partial charge in [0, 0.05) is 6.54 Å². The van der Waals surface area contributed by atoms with Crippen LogP contribution in [0.15, 0.2) is 64.5 Å². The SMILES string of the molecule is COC(=O)C(O[Si](C)(C)C(C)(C)C)[C@H](CCCN=C(N)NS(=O)(=O)c1ccc(C)cc1)NC(=O)OCc1ccccc1. The number of aliphatic imine (C=N–C) groups is 1. The van der Waals surface area contributed by atoms with Crippen LogP contribution in [-0.2, 0) is 35.3 Å². The number of benzene rings is 2. The third kappa shape index (κ3) is 10.8. The molecule has 0 aliphatic rings. The molecule has 2 rings (SSSR count). The first-order valence-corrected chi connectivity index (χ1v) is 18.1. The van der Waals surface area contributed by atoms with Crippen LogP contribution >= 0.6 is 0 Å². The molecule has 0 aliphatic carbocycles. The van der Waals surface area contributed by atoms with Crippen LogP contribution in [0.5, 0.6) is 0 Å². The largest absolute Gasteiger partial charge is 0.467 e. The number of alkyl carbamates (subject to hydrolysis) is 1. The average Bonchev–Trinajstić information content (AvgIpc) is 2.91. The molecule has 2 aromatic carbocycles. The minimum Gasteiger partial charge on any atom is -0.467 e. The predicted octanol–water partition coefficient (Wildman–Crippen LogP) is 4.23. The molecule has 232 valence electrons. The van der Waals surface area contributed by atoms with Crippen LogP contribution < -0.4 is 15.8 Å². The summed E-state index contributed by atoms with van der Waals surface area (Å²) in [6.45, 7) is 12.1. The second-order valence-corrected chi connectivity index (χ2v) is 17.9. The number of nitrogens with one attached hydrogen (secondary N) is 2. The van der Waals surface area contributed by atoms with E-state index in [-0.39, 0.29) is 35.5 Å². The fourth-order valence-electron chi connectivity index (χ4n) is 3.58. The standard InChI is InChI=1S/C29H44N4O7SSi/c1-21-15-17-23(18-16-21)41(36,37)33-27(30)31-19-11-14-24(32-28(35)39-20-22-12-9-8-10-13-22)25(26(34)38-5)40-42(6,7)29(2,3)4/h8-10,12-13,15-18,24-25H,11,14,19-20H2,1-7H3,(H,32,35)(H3,30,31,33)/t24-,25?/m0/s1. The highest BCUT2D eigenvalue weighted by Gasteiger charge is 2.43. The number of esters is 1. The van der Waals surface area contributed by atoms with Gasteiger partial charge in [0.25, 0.3) is 10.0 Å². The quantitative estimate of drug-likeness (QED) is 0.0987. The number of rotatable bonds is 13. The van der Waals surface area contributed by atoms with Gasteiger partial charge in [-0.2, -0.15) is 0 Å². The molecule has 0 heterocycles. The van der Waals surface area contributed by atoms with E-state index in [4.69, 9.17) is 19.6 Å². The van der Waals surface area contributed by atoms with Gasteiger partial charge in [0.15, 0.2) is 14.4 Å². The molecule has 42 heavy (non-hydrogen) atoms. The maximum absolute atomic E-state index is 12.9. The Bertz CT molecular complexity index is 1310. The van der Waals surface area contributed by atoms with Crippen molar-refractivity contribution >= 4 is 36.4 Å². The normalized spacial score (nSPS) is 14.0. The summed E-state index contributed by atoms with van der Waals surface area (Å²) >= 11 is 0. The number of nitrogens with zero attached hydrogens (tertiary/aromatic N) is 1. The Morgan fingerprint density at radius 3 is 2.24 bits per heavy atom. The van der Waals surface area contributed by atoms with Crippen molar-refractivity contribution in [2.45, 2.75) is 82.3 Å². The van der Waals surface area contributed by atoms with Crippen molar-refractivity contribution in [3.8, 4) is 0 Å². The van der Waals surface area contributed by atoms with Crippen LogP contribution in [0.3, 0.4) is 0 Å². The molecule has 2 atom stereocenters. The lowest BCUT2D eigenvalue weighted by Crippen LogP contribution is -2.55. The smallest absolute Gasteiger partial charge is 0.407 e. The second kappa shape index (κ2) is 15.2. The molecule has 1 unspecified atom stereocenters. The van der Waals surface area contributed by atoms with Crippen molar-refractivity contribution in [1.82, 2.24) is 10.0 Å². The van der Waals surface area contributed by atoms with E-state index in [1.807, 2.05) is 71.1 Å². The zero-order valence-corrected chi connectivity index (χ0v) is 27.3. The average molecular weight is 621 g/mol. The lowest BCUT2D eigenvalue weighted by atomic mass is 10.1. The van der Waals surface area contributed by atoms with E-state index in [0.717, 1.165) is 11.1 Å². The first-order chi connectivity index (χ1) is 19.6. The van der Waals surface area contributed by atoms with E-state index >= 15 is 0 Å². The molecular formula is C29H44N4O7SSi. The van der Waals surface area contributed by atoms with Gasteiger partial charge in [0.2, 0.25) is 5.96 Å². The molecular weight excluding hydrogens is 576 g/mol. The van der Waals surface area contributed by atoms with Crippen LogP contribution in [0.4, 0.5) is 4.79 Å². The van der Waals surface area contributed by atoms with Gasteiger partial charge >= 0.3 is 12.1 Å². The van der Waals surface area contributed by atoms with Crippen LogP contribution in [0.25, 0.3) is 0 Å². The summed E-state index contributed by atoms with van der Waals surface area (Å²) in [6, 6.07) is 14.7. The van der Waals surface area contributed by atoms with E-state index in [9.17, 15) is 18.0 Å². The Labute approximate surface area is 250 Å². The van der Waals surface area contributed by atoms with E-state index in [0.29, 0.717) is 6.42 Å². The molecule has 13 heteroatoms. The number of carbonyl (C=O) groups is 2. The van der Waals surface area contributed by atoms with Gasteiger partial charge in [0.1, 0.15) is 6.61 Å². The minimum absolute atomic E-state index is 0.0489. The van der Waals surface area contributed by atoms with Gasteiger partial charge < -0.3 is 25.0 Å². The van der Waals surface area contributed by atoms with E-state index in [1.165, 1.54) is 19.2 Å². The summed E-state index contributed by atoms with van der Waals surface area (Å²) in [6.07, 6.45) is -1.23. The lowest BCUT2D eigenvalue weighted by molar-refractivity contribution is -0.151. The topological polar surface area (TPSA) is 158 Å². The van der Waals surface area contributed by atoms with Crippen molar-refractivity contribution in [1.29, 1.82) is 0 Å². The van der Waals surface area contributed by atoms with Crippen LogP contribution in [0.1, 0.15) is 44.7 Å². The first kappa shape index (κ1) is 34.8. The number of aryl methyl sites for hydroxylation is 1. The van der Waals surface area contributed by atoms with Crippen LogP contribution in [-0.4, -0.2) is 60.6 Å². The molecule has 0 aromatic heterocycles. The van der Waals surface area contributed by atoms with E-state index in [2.05, 4.69) is 15.0 Å². The van der Waals surface area contributed by atoms with Gasteiger partial charge in [-0.15, -0.1) is 0 Å². The summed E-state index contributed by atoms with van der Waals surface area (Å²) < 4.78 is 44.3. The van der Waals surface area contributed by atoms with Gasteiger partial charge in [0.05, 0.1) is 18.0 Å². The molecule has 11 nitrogen and oxygen atoms in total. The summed E-state index contributed by atoms with van der Waals surface area (Å²) in [5, 5.41) is 2.56. The Kier molecular flexibility index (Phi) is 12.6. The van der Waals surface area contributed by atoms with Crippen molar-refractivity contribution in [2.75, 3.05) is 13.7 Å². The fourth-order valence-corrected chi connectivity index (χ4v) is 5.78. The molecule has 0 spiro atoms. The minimum atomic E-state index is -3.89. The number of nitrogens with two attached hydrogens (primary N) is 1. The number of ether oxygens (including phenoxy) is 2. The second-order valence-electron chi connectivity index (χ2n) is 11.5. The molecule has 0 aliphatic heterocycles. The molecule has 0 saturated carbocycles. The number of methoxy groups -OCH3 is 1. The Balaban J connectivity index is 2.16. The number of guanidine groups is 1. The highest BCUT2D eigenvalue weighted by molar-refractivity contribution is 7.90. The monoisotopic (exact) mass is 620 g/mol. The number of hydrogen-bond acceptors (Lipinski definition) is 8. The van der Waals surface area contributed by atoms with Crippen molar-refractivity contribution in [2.24, 2.45) is 10.7 Å². The molecule has 4 N–H and O–H groups in total. The number of amides is 1. The Morgan fingerprint density at radius 2 is 1.67 bits per heavy atom. The zero-order chi connectivity index (χ0) is 31.6. The van der Waals surface area contributed by atoms with Crippen molar-refractivity contribution in [3.05, 3.63) is 65.7 Å². The highest BCUT2D eigenvalue weighted by Crippen LogP contribution is 2.38.